The van der Waals surface area contributed by atoms with E-state index in [0.717, 1.165) is 15.3 Å². The monoisotopic (exact) mass is 377 g/mol. The Labute approximate surface area is 155 Å². The van der Waals surface area contributed by atoms with Crippen LogP contribution < -0.4 is 0 Å². The molecule has 1 aromatic heterocycles. The van der Waals surface area contributed by atoms with E-state index < -0.39 is 5.97 Å². The van der Waals surface area contributed by atoms with Gasteiger partial charge in [0.15, 0.2) is 0 Å². The minimum Gasteiger partial charge on any atom is -0.468 e. The highest BCUT2D eigenvalue weighted by Gasteiger charge is 2.15. The van der Waals surface area contributed by atoms with Crippen molar-refractivity contribution in [1.82, 2.24) is 4.90 Å². The summed E-state index contributed by atoms with van der Waals surface area (Å²) in [5, 5.41) is 0. The molecule has 0 radical (unpaired) electrons. The van der Waals surface area contributed by atoms with Gasteiger partial charge in [0.25, 0.3) is 0 Å². The van der Waals surface area contributed by atoms with Gasteiger partial charge >= 0.3 is 5.97 Å². The van der Waals surface area contributed by atoms with E-state index in [9.17, 15) is 14.0 Å². The number of ether oxygens (including phenoxy) is 2. The van der Waals surface area contributed by atoms with Gasteiger partial charge in [-0.3, -0.25) is 9.59 Å². The van der Waals surface area contributed by atoms with Crippen molar-refractivity contribution >= 4 is 29.3 Å². The SMILES string of the molecule is COCCN(CC(=O)OC)C(=O)C=Cc1ccc(-c2ccc(F)cc2)s1. The number of hydrogen-bond acceptors (Lipinski definition) is 5. The fraction of sp³-hybridized carbons (Fsp3) is 0.263. The number of benzene rings is 1. The molecule has 2 rings (SSSR count). The molecule has 2 aromatic rings. The van der Waals surface area contributed by atoms with Crippen molar-refractivity contribution in [2.45, 2.75) is 0 Å². The summed E-state index contributed by atoms with van der Waals surface area (Å²) < 4.78 is 22.6. The molecule has 0 bridgehead atoms. The van der Waals surface area contributed by atoms with Gasteiger partial charge in [-0.1, -0.05) is 12.1 Å². The van der Waals surface area contributed by atoms with E-state index in [1.54, 1.807) is 18.2 Å². The smallest absolute Gasteiger partial charge is 0.325 e. The second-order valence-electron chi connectivity index (χ2n) is 5.37. The van der Waals surface area contributed by atoms with E-state index in [1.165, 1.54) is 48.7 Å². The Hall–Kier alpha value is -2.51. The molecular weight excluding hydrogens is 357 g/mol. The van der Waals surface area contributed by atoms with E-state index in [-0.39, 0.29) is 18.3 Å². The predicted octanol–water partition coefficient (Wildman–Crippen LogP) is 3.22. The largest absolute Gasteiger partial charge is 0.468 e. The van der Waals surface area contributed by atoms with E-state index in [1.807, 2.05) is 12.1 Å². The number of amides is 1. The molecule has 0 N–H and O–H groups in total. The quantitative estimate of drug-likeness (QED) is 0.524. The Balaban J connectivity index is 2.05. The molecule has 5 nitrogen and oxygen atoms in total. The molecule has 0 saturated heterocycles. The van der Waals surface area contributed by atoms with Crippen LogP contribution in [-0.2, 0) is 19.1 Å². The molecule has 0 aliphatic carbocycles. The van der Waals surface area contributed by atoms with Crippen LogP contribution in [0.2, 0.25) is 0 Å². The first-order valence-electron chi connectivity index (χ1n) is 7.92. The zero-order valence-corrected chi connectivity index (χ0v) is 15.4. The van der Waals surface area contributed by atoms with Gasteiger partial charge < -0.3 is 14.4 Å². The molecule has 0 saturated carbocycles. The van der Waals surface area contributed by atoms with Crippen molar-refractivity contribution in [2.24, 2.45) is 0 Å². The first-order chi connectivity index (χ1) is 12.5. The lowest BCUT2D eigenvalue weighted by Crippen LogP contribution is -2.37. The van der Waals surface area contributed by atoms with Crippen LogP contribution in [0.15, 0.2) is 42.5 Å². The van der Waals surface area contributed by atoms with Crippen LogP contribution in [0.25, 0.3) is 16.5 Å². The summed E-state index contributed by atoms with van der Waals surface area (Å²) in [6, 6.07) is 10.0. The summed E-state index contributed by atoms with van der Waals surface area (Å²) in [6.07, 6.45) is 3.11. The maximum Gasteiger partial charge on any atom is 0.325 e. The number of methoxy groups -OCH3 is 2. The van der Waals surface area contributed by atoms with Crippen molar-refractivity contribution in [1.29, 1.82) is 0 Å². The van der Waals surface area contributed by atoms with Gasteiger partial charge in [0.05, 0.1) is 13.7 Å². The van der Waals surface area contributed by atoms with E-state index >= 15 is 0 Å². The Kier molecular flexibility index (Phi) is 7.50. The molecule has 0 spiro atoms. The topological polar surface area (TPSA) is 55.8 Å². The number of carbonyl (C=O) groups is 2. The lowest BCUT2D eigenvalue weighted by atomic mass is 10.2. The summed E-state index contributed by atoms with van der Waals surface area (Å²) in [7, 11) is 2.80. The lowest BCUT2D eigenvalue weighted by Gasteiger charge is -2.19. The van der Waals surface area contributed by atoms with Crippen molar-refractivity contribution < 1.29 is 23.5 Å². The summed E-state index contributed by atoms with van der Waals surface area (Å²) >= 11 is 1.49. The third-order valence-electron chi connectivity index (χ3n) is 3.57. The summed E-state index contributed by atoms with van der Waals surface area (Å²) in [5.74, 6) is -1.07. The number of hydrogen-bond donors (Lipinski definition) is 0. The number of thiophene rings is 1. The molecular formula is C19H20FNO4S. The molecule has 1 heterocycles. The minimum atomic E-state index is -0.488. The van der Waals surface area contributed by atoms with Gasteiger partial charge in [-0.2, -0.15) is 0 Å². The third kappa shape index (κ3) is 5.79. The van der Waals surface area contributed by atoms with Crippen LogP contribution in [-0.4, -0.2) is 50.7 Å². The summed E-state index contributed by atoms with van der Waals surface area (Å²) in [5.41, 5.74) is 0.912. The van der Waals surface area contributed by atoms with Crippen molar-refractivity contribution in [2.75, 3.05) is 33.9 Å². The molecule has 0 unspecified atom stereocenters. The highest BCUT2D eigenvalue weighted by atomic mass is 32.1. The maximum atomic E-state index is 13.0. The third-order valence-corrected chi connectivity index (χ3v) is 4.67. The number of nitrogens with zero attached hydrogens (tertiary/aromatic N) is 1. The number of carbonyl (C=O) groups excluding carboxylic acids is 2. The van der Waals surface area contributed by atoms with Gasteiger partial charge in [-0.05, 0) is 35.9 Å². The van der Waals surface area contributed by atoms with Gasteiger partial charge in [0.2, 0.25) is 5.91 Å². The fourth-order valence-corrected chi connectivity index (χ4v) is 3.08. The van der Waals surface area contributed by atoms with Gasteiger partial charge in [-0.15, -0.1) is 11.3 Å². The molecule has 138 valence electrons. The molecule has 26 heavy (non-hydrogen) atoms. The van der Waals surface area contributed by atoms with E-state index in [2.05, 4.69) is 4.74 Å². The van der Waals surface area contributed by atoms with Crippen molar-refractivity contribution in [3.8, 4) is 10.4 Å². The molecule has 0 aliphatic heterocycles. The second-order valence-corrected chi connectivity index (χ2v) is 6.49. The number of esters is 1. The lowest BCUT2D eigenvalue weighted by molar-refractivity contribution is -0.145. The number of rotatable bonds is 8. The molecule has 1 aromatic carbocycles. The average Bonchev–Trinajstić information content (AvgIpc) is 3.12. The Bertz CT molecular complexity index is 770. The highest BCUT2D eigenvalue weighted by Crippen LogP contribution is 2.28. The van der Waals surface area contributed by atoms with Gasteiger partial charge in [-0.25, -0.2) is 4.39 Å². The molecule has 1 amide bonds. The molecule has 0 aliphatic rings. The first kappa shape index (κ1) is 19.8. The van der Waals surface area contributed by atoms with Crippen molar-refractivity contribution in [3.63, 3.8) is 0 Å². The Morgan fingerprint density at radius 3 is 2.54 bits per heavy atom. The summed E-state index contributed by atoms with van der Waals surface area (Å²) in [4.78, 5) is 27.0. The molecule has 7 heteroatoms. The van der Waals surface area contributed by atoms with Crippen LogP contribution in [0.3, 0.4) is 0 Å². The van der Waals surface area contributed by atoms with Crippen LogP contribution in [0.4, 0.5) is 4.39 Å². The van der Waals surface area contributed by atoms with Crippen LogP contribution >= 0.6 is 11.3 Å². The van der Waals surface area contributed by atoms with Crippen LogP contribution in [0, 0.1) is 5.82 Å². The van der Waals surface area contributed by atoms with Crippen LogP contribution in [0.5, 0.6) is 0 Å². The molecule has 0 atom stereocenters. The maximum absolute atomic E-state index is 13.0. The zero-order chi connectivity index (χ0) is 18.9. The molecule has 0 fully saturated rings. The normalized spacial score (nSPS) is 10.9. The standard InChI is InChI=1S/C19H20FNO4S/c1-24-12-11-21(13-19(23)25-2)18(22)10-8-16-7-9-17(26-16)14-3-5-15(20)6-4-14/h3-10H,11-13H2,1-2H3. The highest BCUT2D eigenvalue weighted by molar-refractivity contribution is 7.16. The zero-order valence-electron chi connectivity index (χ0n) is 14.6. The number of halogens is 1. The van der Waals surface area contributed by atoms with Gasteiger partial charge in [0.1, 0.15) is 12.4 Å². The van der Waals surface area contributed by atoms with Gasteiger partial charge in [0, 0.05) is 29.5 Å². The van der Waals surface area contributed by atoms with Crippen LogP contribution in [0.1, 0.15) is 4.88 Å². The average molecular weight is 377 g/mol. The minimum absolute atomic E-state index is 0.131. The Morgan fingerprint density at radius 1 is 1.15 bits per heavy atom. The second kappa shape index (κ2) is 9.84. The van der Waals surface area contributed by atoms with E-state index in [0.29, 0.717) is 13.2 Å². The fourth-order valence-electron chi connectivity index (χ4n) is 2.16. The predicted molar refractivity (Wildman–Crippen MR) is 99.2 cm³/mol. The van der Waals surface area contributed by atoms with E-state index in [4.69, 9.17) is 4.74 Å². The Morgan fingerprint density at radius 2 is 1.88 bits per heavy atom. The first-order valence-corrected chi connectivity index (χ1v) is 8.73. The van der Waals surface area contributed by atoms with Crippen molar-refractivity contribution in [3.05, 3.63) is 53.2 Å². The summed E-state index contributed by atoms with van der Waals surface area (Å²) in [6.45, 7) is 0.485.